The van der Waals surface area contributed by atoms with Gasteiger partial charge in [-0.25, -0.2) is 0 Å². The second-order valence-corrected chi connectivity index (χ2v) is 10.5. The Morgan fingerprint density at radius 1 is 0.881 bits per heavy atom. The number of hydrogen-bond donors (Lipinski definition) is 1. The van der Waals surface area contributed by atoms with Crippen molar-refractivity contribution in [3.05, 3.63) is 101 Å². The molecule has 7 nitrogen and oxygen atoms in total. The molecule has 1 heterocycles. The molecule has 42 heavy (non-hydrogen) atoms. The summed E-state index contributed by atoms with van der Waals surface area (Å²) in [4.78, 5) is 30.5. The van der Waals surface area contributed by atoms with Gasteiger partial charge in [-0.3, -0.25) is 9.59 Å². The van der Waals surface area contributed by atoms with Crippen LogP contribution in [0.1, 0.15) is 61.9 Å². The van der Waals surface area contributed by atoms with Crippen LogP contribution >= 0.6 is 0 Å². The van der Waals surface area contributed by atoms with E-state index in [0.29, 0.717) is 37.6 Å². The van der Waals surface area contributed by atoms with Gasteiger partial charge in [-0.1, -0.05) is 63.6 Å². The van der Waals surface area contributed by atoms with Crippen molar-refractivity contribution >= 4 is 17.4 Å². The number of hydrogen-bond acceptors (Lipinski definition) is 6. The van der Waals surface area contributed by atoms with E-state index in [2.05, 4.69) is 25.7 Å². The van der Waals surface area contributed by atoms with E-state index in [9.17, 15) is 14.7 Å². The zero-order valence-electron chi connectivity index (χ0n) is 25.1. The molecule has 0 spiro atoms. The Balaban J connectivity index is 1.63. The predicted octanol–water partition coefficient (Wildman–Crippen LogP) is 6.52. The van der Waals surface area contributed by atoms with Crippen molar-refractivity contribution in [3.63, 3.8) is 0 Å². The number of ketones is 1. The molecule has 7 heteroatoms. The van der Waals surface area contributed by atoms with Gasteiger partial charge >= 0.3 is 0 Å². The van der Waals surface area contributed by atoms with Crippen LogP contribution in [0, 0.1) is 6.92 Å². The molecule has 3 aromatic carbocycles. The highest BCUT2D eigenvalue weighted by atomic mass is 16.5. The minimum absolute atomic E-state index is 0.0905. The molecule has 222 valence electrons. The van der Waals surface area contributed by atoms with Crippen molar-refractivity contribution in [3.8, 4) is 11.5 Å². The number of amides is 1. The summed E-state index contributed by atoms with van der Waals surface area (Å²) < 4.78 is 11.8. The van der Waals surface area contributed by atoms with Gasteiger partial charge in [0.05, 0.1) is 18.2 Å². The number of benzene rings is 3. The molecule has 1 fully saturated rings. The van der Waals surface area contributed by atoms with Gasteiger partial charge in [0.25, 0.3) is 11.7 Å². The fourth-order valence-electron chi connectivity index (χ4n) is 5.12. The third-order valence-corrected chi connectivity index (χ3v) is 7.84. The van der Waals surface area contributed by atoms with Gasteiger partial charge in [-0.05, 0) is 79.5 Å². The summed E-state index contributed by atoms with van der Waals surface area (Å²) in [6.07, 6.45) is 2.00. The Hall–Kier alpha value is -4.10. The lowest BCUT2D eigenvalue weighted by Crippen LogP contribution is -2.38. The molecule has 1 atom stereocenters. The number of aliphatic hydroxyl groups excluding tert-OH is 1. The molecule has 0 radical (unpaired) electrons. The summed E-state index contributed by atoms with van der Waals surface area (Å²) in [6, 6.07) is 21.8. The van der Waals surface area contributed by atoms with E-state index >= 15 is 0 Å². The van der Waals surface area contributed by atoms with Crippen molar-refractivity contribution in [2.45, 2.75) is 53.2 Å². The molecule has 0 bridgehead atoms. The Morgan fingerprint density at radius 3 is 2.17 bits per heavy atom. The third kappa shape index (κ3) is 7.21. The second kappa shape index (κ2) is 14.7. The van der Waals surface area contributed by atoms with Crippen molar-refractivity contribution in [2.75, 3.05) is 32.8 Å². The van der Waals surface area contributed by atoms with Gasteiger partial charge in [0, 0.05) is 18.7 Å². The lowest BCUT2D eigenvalue weighted by Gasteiger charge is -2.28. The van der Waals surface area contributed by atoms with Gasteiger partial charge in [-0.15, -0.1) is 0 Å². The molecule has 1 amide bonds. The van der Waals surface area contributed by atoms with Crippen LogP contribution in [0.3, 0.4) is 0 Å². The summed E-state index contributed by atoms with van der Waals surface area (Å²) in [5.74, 6) is -0.106. The van der Waals surface area contributed by atoms with E-state index in [1.54, 1.807) is 29.2 Å². The zero-order valence-corrected chi connectivity index (χ0v) is 25.1. The van der Waals surface area contributed by atoms with Gasteiger partial charge in [-0.2, -0.15) is 0 Å². The van der Waals surface area contributed by atoms with Gasteiger partial charge in [0.15, 0.2) is 0 Å². The van der Waals surface area contributed by atoms with Crippen molar-refractivity contribution < 1.29 is 24.2 Å². The number of aryl methyl sites for hydroxylation is 1. The molecular weight excluding hydrogens is 528 g/mol. The average molecular weight is 571 g/mol. The lowest BCUT2D eigenvalue weighted by atomic mass is 9.95. The van der Waals surface area contributed by atoms with Crippen LogP contribution in [-0.4, -0.2) is 59.4 Å². The Bertz CT molecular complexity index is 1380. The van der Waals surface area contributed by atoms with E-state index in [1.165, 1.54) is 0 Å². The molecule has 4 rings (SSSR count). The molecule has 0 saturated carbocycles. The molecule has 1 aliphatic heterocycles. The molecule has 0 aliphatic carbocycles. The maximum absolute atomic E-state index is 13.4. The lowest BCUT2D eigenvalue weighted by molar-refractivity contribution is -0.140. The monoisotopic (exact) mass is 570 g/mol. The van der Waals surface area contributed by atoms with Crippen LogP contribution in [0.5, 0.6) is 11.5 Å². The summed E-state index contributed by atoms with van der Waals surface area (Å²) in [7, 11) is 0. The fourth-order valence-corrected chi connectivity index (χ4v) is 5.12. The second-order valence-electron chi connectivity index (χ2n) is 10.5. The molecule has 1 unspecified atom stereocenters. The van der Waals surface area contributed by atoms with E-state index in [-0.39, 0.29) is 11.3 Å². The summed E-state index contributed by atoms with van der Waals surface area (Å²) in [5, 5.41) is 11.5. The highest BCUT2D eigenvalue weighted by Gasteiger charge is 2.46. The fraction of sp³-hybridized carbons (Fsp3) is 0.371. The van der Waals surface area contributed by atoms with Crippen LogP contribution in [0.4, 0.5) is 0 Å². The highest BCUT2D eigenvalue weighted by Crippen LogP contribution is 2.40. The van der Waals surface area contributed by atoms with Crippen LogP contribution in [0.25, 0.3) is 5.76 Å². The van der Waals surface area contributed by atoms with Gasteiger partial charge in [0.1, 0.15) is 23.9 Å². The van der Waals surface area contributed by atoms with E-state index in [1.807, 2.05) is 55.5 Å². The highest BCUT2D eigenvalue weighted by molar-refractivity contribution is 6.46. The quantitative estimate of drug-likeness (QED) is 0.103. The molecule has 1 saturated heterocycles. The number of ether oxygens (including phenoxy) is 2. The molecule has 3 aromatic rings. The van der Waals surface area contributed by atoms with Crippen molar-refractivity contribution in [1.29, 1.82) is 0 Å². The van der Waals surface area contributed by atoms with E-state index in [4.69, 9.17) is 9.47 Å². The maximum Gasteiger partial charge on any atom is 0.295 e. The Labute approximate surface area is 249 Å². The number of Topliss-reactive ketones (excluding diaryl/α,β-unsaturated/α-hetero) is 1. The summed E-state index contributed by atoms with van der Waals surface area (Å²) >= 11 is 0. The standard InChI is InChI=1S/C35H42N2O5/c1-5-8-23-41-29-17-13-26(14-18-29)32-31(34(39)35(40)37(32)22-21-36(6-2)7-3)33(38)27-15-19-30(20-16-27)42-24-28-12-10-9-11-25(28)4/h9-20,32,38H,5-8,21-24H2,1-4H3. The van der Waals surface area contributed by atoms with Gasteiger partial charge < -0.3 is 24.4 Å². The van der Waals surface area contributed by atoms with Crippen LogP contribution in [0.15, 0.2) is 78.4 Å². The molecule has 0 aromatic heterocycles. The van der Waals surface area contributed by atoms with E-state index in [0.717, 1.165) is 48.4 Å². The van der Waals surface area contributed by atoms with Crippen LogP contribution in [0.2, 0.25) is 0 Å². The molecular formula is C35H42N2O5. The summed E-state index contributed by atoms with van der Waals surface area (Å²) in [6.45, 7) is 12.0. The number of likely N-dealkylation sites (N-methyl/N-ethyl adjacent to an activating group) is 1. The number of likely N-dealkylation sites (tertiary alicyclic amines) is 1. The van der Waals surface area contributed by atoms with Crippen LogP contribution in [-0.2, 0) is 16.2 Å². The first-order valence-corrected chi connectivity index (χ1v) is 14.9. The minimum Gasteiger partial charge on any atom is -0.507 e. The largest absolute Gasteiger partial charge is 0.507 e. The normalized spacial score (nSPS) is 16.3. The van der Waals surface area contributed by atoms with Gasteiger partial charge in [0.2, 0.25) is 0 Å². The number of carbonyl (C=O) groups excluding carboxylic acids is 2. The van der Waals surface area contributed by atoms with Crippen LogP contribution < -0.4 is 9.47 Å². The molecule has 1 N–H and O–H groups in total. The topological polar surface area (TPSA) is 79.3 Å². The summed E-state index contributed by atoms with van der Waals surface area (Å²) in [5.41, 5.74) is 3.53. The van der Waals surface area contributed by atoms with Crippen molar-refractivity contribution in [2.24, 2.45) is 0 Å². The number of carbonyl (C=O) groups is 2. The minimum atomic E-state index is -0.706. The predicted molar refractivity (Wildman–Crippen MR) is 166 cm³/mol. The maximum atomic E-state index is 13.4. The first kappa shape index (κ1) is 30.8. The van der Waals surface area contributed by atoms with Crippen molar-refractivity contribution in [1.82, 2.24) is 9.80 Å². The smallest absolute Gasteiger partial charge is 0.295 e. The van der Waals surface area contributed by atoms with E-state index < -0.39 is 17.7 Å². The Kier molecular flexibility index (Phi) is 10.8. The number of aliphatic hydroxyl groups is 1. The first-order valence-electron chi connectivity index (χ1n) is 14.9. The molecule has 1 aliphatic rings. The first-order chi connectivity index (χ1) is 20.4. The third-order valence-electron chi connectivity index (χ3n) is 7.84. The number of nitrogens with zero attached hydrogens (tertiary/aromatic N) is 2. The SMILES string of the molecule is CCCCOc1ccc(C2C(=C(O)c3ccc(OCc4ccccc4C)cc3)C(=O)C(=O)N2CCN(CC)CC)cc1. The Morgan fingerprint density at radius 2 is 1.52 bits per heavy atom. The number of rotatable bonds is 14. The zero-order chi connectivity index (χ0) is 30.1. The average Bonchev–Trinajstić information content (AvgIpc) is 3.26. The number of unbranched alkanes of at least 4 members (excludes halogenated alkanes) is 1.